The summed E-state index contributed by atoms with van der Waals surface area (Å²) < 4.78 is 6.64. The molecule has 0 spiro atoms. The second-order valence-corrected chi connectivity index (χ2v) is 9.10. The number of rotatable bonds is 5. The van der Waals surface area contributed by atoms with Crippen molar-refractivity contribution in [3.05, 3.63) is 40.4 Å². The van der Waals surface area contributed by atoms with Crippen molar-refractivity contribution in [3.8, 4) is 5.75 Å². The molecule has 3 atom stereocenters. The fourth-order valence-corrected chi connectivity index (χ4v) is 5.09. The molecule has 8 heteroatoms. The Kier molecular flexibility index (Phi) is 7.91. The summed E-state index contributed by atoms with van der Waals surface area (Å²) in [5.41, 5.74) is 1.28. The summed E-state index contributed by atoms with van der Waals surface area (Å²) in [5, 5.41) is 14.8. The lowest BCUT2D eigenvalue weighted by molar-refractivity contribution is -0.159. The molecule has 3 unspecified atom stereocenters. The van der Waals surface area contributed by atoms with Gasteiger partial charge in [-0.15, -0.1) is 0 Å². The molecule has 2 bridgehead atoms. The maximum Gasteiger partial charge on any atom is 0.414 e. The van der Waals surface area contributed by atoms with Crippen molar-refractivity contribution < 1.29 is 24.5 Å². The minimum atomic E-state index is -1.82. The number of fused-ring (bicyclic) bond motifs is 2. The van der Waals surface area contributed by atoms with Gasteiger partial charge in [-0.2, -0.15) is 0 Å². The molecule has 164 valence electrons. The molecule has 4 rings (SSSR count). The Labute approximate surface area is 185 Å². The van der Waals surface area contributed by atoms with E-state index in [1.807, 2.05) is 6.07 Å². The molecule has 1 saturated carbocycles. The molecular formula is C22H29BrN2O5. The van der Waals surface area contributed by atoms with Gasteiger partial charge in [-0.25, -0.2) is 9.59 Å². The van der Waals surface area contributed by atoms with Crippen molar-refractivity contribution in [3.63, 3.8) is 0 Å². The van der Waals surface area contributed by atoms with Crippen LogP contribution in [0.1, 0.15) is 18.4 Å². The van der Waals surface area contributed by atoms with Gasteiger partial charge in [0.2, 0.25) is 0 Å². The number of carboxylic acid groups (broad SMARTS) is 2. The minimum absolute atomic E-state index is 0.874. The topological polar surface area (TPSA) is 90.3 Å². The van der Waals surface area contributed by atoms with E-state index < -0.39 is 11.9 Å². The van der Waals surface area contributed by atoms with Gasteiger partial charge in [-0.3, -0.25) is 4.90 Å². The summed E-state index contributed by atoms with van der Waals surface area (Å²) in [7, 11) is 1.76. The summed E-state index contributed by atoms with van der Waals surface area (Å²) in [5.74, 6) is 0.0281. The third-order valence-corrected chi connectivity index (χ3v) is 6.69. The van der Waals surface area contributed by atoms with Gasteiger partial charge in [-0.05, 0) is 48.8 Å². The number of benzene rings is 1. The van der Waals surface area contributed by atoms with E-state index in [0.717, 1.165) is 47.6 Å². The number of ether oxygens (including phenoxy) is 1. The molecule has 1 aromatic rings. The Bertz CT molecular complexity index is 780. The minimum Gasteiger partial charge on any atom is -0.496 e. The molecule has 0 aromatic heterocycles. The number of hydrogen-bond acceptors (Lipinski definition) is 5. The van der Waals surface area contributed by atoms with Gasteiger partial charge in [0.05, 0.1) is 7.11 Å². The summed E-state index contributed by atoms with van der Waals surface area (Å²) in [6.45, 7) is 7.01. The van der Waals surface area contributed by atoms with E-state index >= 15 is 0 Å². The molecule has 30 heavy (non-hydrogen) atoms. The van der Waals surface area contributed by atoms with Crippen LogP contribution >= 0.6 is 15.9 Å². The number of halogens is 1. The molecule has 0 amide bonds. The third kappa shape index (κ3) is 6.06. The second-order valence-electron chi connectivity index (χ2n) is 8.18. The standard InChI is InChI=1S/C20H27BrN2O.C2H2O4/c1-24-20-5-4-19(21)12-18(20)14-23-8-6-22(7-9-23)13-17-11-15-2-3-16(17)10-15;3-1(4)2(5)6/h2-5,12,15-17H,6-11,13-14H2,1H3;(H,3,4)(H,5,6). The number of methoxy groups -OCH3 is 1. The molecule has 1 aromatic carbocycles. The Balaban J connectivity index is 0.000000377. The highest BCUT2D eigenvalue weighted by Crippen LogP contribution is 2.43. The van der Waals surface area contributed by atoms with Crippen molar-refractivity contribution >= 4 is 27.9 Å². The lowest BCUT2D eigenvalue weighted by Gasteiger charge is -2.37. The van der Waals surface area contributed by atoms with Crippen LogP contribution in [0.5, 0.6) is 5.75 Å². The highest BCUT2D eigenvalue weighted by molar-refractivity contribution is 9.10. The Hall–Kier alpha value is -1.90. The molecule has 0 radical (unpaired) electrons. The largest absolute Gasteiger partial charge is 0.496 e. The lowest BCUT2D eigenvalue weighted by atomic mass is 9.93. The van der Waals surface area contributed by atoms with Gasteiger partial charge in [0.1, 0.15) is 5.75 Å². The monoisotopic (exact) mass is 480 g/mol. The van der Waals surface area contributed by atoms with E-state index in [2.05, 4.69) is 50.0 Å². The molecule has 2 N–H and O–H groups in total. The van der Waals surface area contributed by atoms with E-state index in [0.29, 0.717) is 0 Å². The van der Waals surface area contributed by atoms with Crippen LogP contribution in [0.2, 0.25) is 0 Å². The predicted octanol–water partition coefficient (Wildman–Crippen LogP) is 2.94. The zero-order valence-electron chi connectivity index (χ0n) is 17.2. The first-order chi connectivity index (χ1) is 14.4. The van der Waals surface area contributed by atoms with Gasteiger partial charge in [0, 0.05) is 49.3 Å². The molecule has 1 aliphatic heterocycles. The maximum atomic E-state index is 9.10. The predicted molar refractivity (Wildman–Crippen MR) is 117 cm³/mol. The number of carboxylic acids is 2. The van der Waals surface area contributed by atoms with Crippen LogP contribution < -0.4 is 4.74 Å². The molecule has 2 aliphatic carbocycles. The van der Waals surface area contributed by atoms with Crippen LogP contribution in [0.25, 0.3) is 0 Å². The number of carbonyl (C=O) groups is 2. The average molecular weight is 481 g/mol. The van der Waals surface area contributed by atoms with Gasteiger partial charge in [0.15, 0.2) is 0 Å². The normalized spacial score (nSPS) is 25.6. The highest BCUT2D eigenvalue weighted by atomic mass is 79.9. The molecule has 2 fully saturated rings. The van der Waals surface area contributed by atoms with Crippen LogP contribution in [-0.4, -0.2) is 71.8 Å². The fraction of sp³-hybridized carbons (Fsp3) is 0.545. The number of nitrogens with zero attached hydrogens (tertiary/aromatic N) is 2. The van der Waals surface area contributed by atoms with E-state index in [1.54, 1.807) is 7.11 Å². The van der Waals surface area contributed by atoms with Crippen molar-refractivity contribution in [2.24, 2.45) is 17.8 Å². The van der Waals surface area contributed by atoms with E-state index in [-0.39, 0.29) is 0 Å². The fourth-order valence-electron chi connectivity index (χ4n) is 4.68. The number of aliphatic carboxylic acids is 2. The van der Waals surface area contributed by atoms with Crippen molar-refractivity contribution in [2.45, 2.75) is 19.4 Å². The first kappa shape index (κ1) is 22.8. The SMILES string of the molecule is COc1ccc(Br)cc1CN1CCN(CC2CC3C=CC2C3)CC1.O=C(O)C(=O)O. The van der Waals surface area contributed by atoms with Crippen molar-refractivity contribution in [1.29, 1.82) is 0 Å². The lowest BCUT2D eigenvalue weighted by Crippen LogP contribution is -2.47. The first-order valence-electron chi connectivity index (χ1n) is 10.3. The average Bonchev–Trinajstić information content (AvgIpc) is 3.33. The van der Waals surface area contributed by atoms with Crippen LogP contribution in [0.3, 0.4) is 0 Å². The van der Waals surface area contributed by atoms with Gasteiger partial charge < -0.3 is 19.8 Å². The Morgan fingerprint density at radius 1 is 1.07 bits per heavy atom. The molecule has 7 nitrogen and oxygen atoms in total. The quantitative estimate of drug-likeness (QED) is 0.494. The molecule has 3 aliphatic rings. The first-order valence-corrected chi connectivity index (χ1v) is 11.1. The number of allylic oxidation sites excluding steroid dienone is 2. The third-order valence-electron chi connectivity index (χ3n) is 6.19. The van der Waals surface area contributed by atoms with E-state index in [4.69, 9.17) is 24.5 Å². The Morgan fingerprint density at radius 3 is 2.27 bits per heavy atom. The van der Waals surface area contributed by atoms with Crippen molar-refractivity contribution in [1.82, 2.24) is 9.80 Å². The number of hydrogen-bond donors (Lipinski definition) is 2. The van der Waals surface area contributed by atoms with E-state index in [1.165, 1.54) is 38.0 Å². The van der Waals surface area contributed by atoms with E-state index in [9.17, 15) is 0 Å². The summed E-state index contributed by atoms with van der Waals surface area (Å²) in [6, 6.07) is 6.29. The summed E-state index contributed by atoms with van der Waals surface area (Å²) >= 11 is 3.58. The zero-order valence-corrected chi connectivity index (χ0v) is 18.8. The second kappa shape index (κ2) is 10.4. The van der Waals surface area contributed by atoms with Crippen LogP contribution in [0.15, 0.2) is 34.8 Å². The Morgan fingerprint density at radius 2 is 1.73 bits per heavy atom. The van der Waals surface area contributed by atoms with Gasteiger partial charge >= 0.3 is 11.9 Å². The molecule has 1 saturated heterocycles. The maximum absolute atomic E-state index is 9.10. The molecular weight excluding hydrogens is 452 g/mol. The van der Waals surface area contributed by atoms with Crippen LogP contribution in [0, 0.1) is 17.8 Å². The van der Waals surface area contributed by atoms with Crippen LogP contribution in [-0.2, 0) is 16.1 Å². The smallest absolute Gasteiger partial charge is 0.414 e. The van der Waals surface area contributed by atoms with Gasteiger partial charge in [0.25, 0.3) is 0 Å². The van der Waals surface area contributed by atoms with Gasteiger partial charge in [-0.1, -0.05) is 28.1 Å². The summed E-state index contributed by atoms with van der Waals surface area (Å²) in [4.78, 5) is 23.4. The zero-order chi connectivity index (χ0) is 21.7. The van der Waals surface area contributed by atoms with Crippen LogP contribution in [0.4, 0.5) is 0 Å². The highest BCUT2D eigenvalue weighted by Gasteiger charge is 2.36. The number of piperazine rings is 1. The van der Waals surface area contributed by atoms with Crippen molar-refractivity contribution in [2.75, 3.05) is 39.8 Å². The molecule has 1 heterocycles. The summed E-state index contributed by atoms with van der Waals surface area (Å²) in [6.07, 6.45) is 7.78.